The Bertz CT molecular complexity index is 1480. The monoisotopic (exact) mass is 562 g/mol. The van der Waals surface area contributed by atoms with E-state index in [1.807, 2.05) is 42.2 Å². The van der Waals surface area contributed by atoms with Crippen LogP contribution >= 0.6 is 0 Å². The van der Waals surface area contributed by atoms with E-state index in [-0.39, 0.29) is 34.8 Å². The summed E-state index contributed by atoms with van der Waals surface area (Å²) in [4.78, 5) is 28.4. The van der Waals surface area contributed by atoms with Gasteiger partial charge in [0.25, 0.3) is 0 Å². The molecule has 0 radical (unpaired) electrons. The highest BCUT2D eigenvalue weighted by molar-refractivity contribution is 5.97. The van der Waals surface area contributed by atoms with Gasteiger partial charge in [-0.15, -0.1) is 0 Å². The summed E-state index contributed by atoms with van der Waals surface area (Å²) in [5.74, 6) is -0.561. The molecule has 3 aromatic rings. The van der Waals surface area contributed by atoms with Crippen LogP contribution in [-0.4, -0.2) is 32.9 Å². The van der Waals surface area contributed by atoms with Gasteiger partial charge < -0.3 is 4.90 Å². The van der Waals surface area contributed by atoms with Gasteiger partial charge in [-0.2, -0.15) is 23.5 Å². The standard InChI is InChI=1S/C32H33F3N4O2/c1-20(24-7-4-8-25(17-24)27(14-13-22-11-12-22)38-15-5-10-30(38)40)21(2)31(41)28-18-29(32(33,34)35)37-39(28)26-9-3-6-23(16-26)19-36/h3-4,6-9,16-18,20-22,27H,5,10-15H2,1-2H3. The Morgan fingerprint density at radius 1 is 1.10 bits per heavy atom. The van der Waals surface area contributed by atoms with E-state index in [0.717, 1.165) is 53.6 Å². The Balaban J connectivity index is 1.44. The van der Waals surface area contributed by atoms with Crippen molar-refractivity contribution in [1.29, 1.82) is 5.26 Å². The van der Waals surface area contributed by atoms with Crippen LogP contribution in [0.5, 0.6) is 0 Å². The molecule has 0 spiro atoms. The molecule has 6 nitrogen and oxygen atoms in total. The van der Waals surface area contributed by atoms with Gasteiger partial charge in [-0.25, -0.2) is 4.68 Å². The number of ketones is 1. The van der Waals surface area contributed by atoms with Crippen LogP contribution in [0.1, 0.15) is 97.2 Å². The highest BCUT2D eigenvalue weighted by Gasteiger charge is 2.38. The molecule has 2 aromatic carbocycles. The Hall–Kier alpha value is -3.93. The SMILES string of the molecule is CC(C(=O)c1cc(C(F)(F)F)nn1-c1cccc(C#N)c1)C(C)c1cccc(C(CCC2CC2)N2CCCC2=O)c1. The average molecular weight is 563 g/mol. The Morgan fingerprint density at radius 3 is 2.49 bits per heavy atom. The van der Waals surface area contributed by atoms with Crippen molar-refractivity contribution in [2.24, 2.45) is 11.8 Å². The normalized spacial score (nSPS) is 17.8. The summed E-state index contributed by atoms with van der Waals surface area (Å²) in [5.41, 5.74) is 1.02. The van der Waals surface area contributed by atoms with Crippen molar-refractivity contribution in [2.45, 2.75) is 70.5 Å². The summed E-state index contributed by atoms with van der Waals surface area (Å²) in [6.07, 6.45) is 1.12. The molecule has 2 fully saturated rings. The number of aromatic nitrogens is 2. The molecule has 1 saturated heterocycles. The zero-order chi connectivity index (χ0) is 29.3. The predicted molar refractivity (Wildman–Crippen MR) is 147 cm³/mol. The van der Waals surface area contributed by atoms with Crippen LogP contribution < -0.4 is 0 Å². The van der Waals surface area contributed by atoms with Crippen LogP contribution in [0.2, 0.25) is 0 Å². The molecule has 41 heavy (non-hydrogen) atoms. The van der Waals surface area contributed by atoms with Gasteiger partial charge in [0.05, 0.1) is 23.4 Å². The number of nitriles is 1. The average Bonchev–Trinajstić information content (AvgIpc) is 3.51. The van der Waals surface area contributed by atoms with E-state index in [1.165, 1.54) is 31.0 Å². The van der Waals surface area contributed by atoms with E-state index >= 15 is 0 Å². The molecule has 3 unspecified atom stereocenters. The van der Waals surface area contributed by atoms with Crippen molar-refractivity contribution in [3.05, 3.63) is 82.7 Å². The first-order chi connectivity index (χ1) is 19.6. The minimum absolute atomic E-state index is 0.0213. The molecular weight excluding hydrogens is 529 g/mol. The number of carbonyl (C=O) groups excluding carboxylic acids is 2. The number of alkyl halides is 3. The first-order valence-corrected chi connectivity index (χ1v) is 14.2. The van der Waals surface area contributed by atoms with Crippen molar-refractivity contribution >= 4 is 11.7 Å². The third-order valence-electron chi connectivity index (χ3n) is 8.49. The Kier molecular flexibility index (Phi) is 8.03. The molecule has 2 aliphatic rings. The highest BCUT2D eigenvalue weighted by atomic mass is 19.4. The molecule has 2 heterocycles. The van der Waals surface area contributed by atoms with Crippen molar-refractivity contribution in [2.75, 3.05) is 6.54 Å². The summed E-state index contributed by atoms with van der Waals surface area (Å²) >= 11 is 0. The molecule has 9 heteroatoms. The van der Waals surface area contributed by atoms with Crippen LogP contribution in [0.15, 0.2) is 54.6 Å². The zero-order valence-corrected chi connectivity index (χ0v) is 23.2. The number of rotatable bonds is 10. The van der Waals surface area contributed by atoms with Gasteiger partial charge >= 0.3 is 6.18 Å². The number of nitrogens with zero attached hydrogens (tertiary/aromatic N) is 4. The largest absolute Gasteiger partial charge is 0.435 e. The van der Waals surface area contributed by atoms with Crippen LogP contribution in [0.3, 0.4) is 0 Å². The first-order valence-electron chi connectivity index (χ1n) is 14.2. The van der Waals surface area contributed by atoms with Crippen molar-refractivity contribution in [3.63, 3.8) is 0 Å². The second-order valence-corrected chi connectivity index (χ2v) is 11.3. The molecule has 3 atom stereocenters. The molecule has 5 rings (SSSR count). The van der Waals surface area contributed by atoms with Gasteiger partial charge in [-0.3, -0.25) is 9.59 Å². The molecule has 1 aromatic heterocycles. The summed E-state index contributed by atoms with van der Waals surface area (Å²) < 4.78 is 42.0. The lowest BCUT2D eigenvalue weighted by Gasteiger charge is -2.29. The van der Waals surface area contributed by atoms with Gasteiger partial charge in [0.15, 0.2) is 11.5 Å². The van der Waals surface area contributed by atoms with Crippen LogP contribution in [-0.2, 0) is 11.0 Å². The van der Waals surface area contributed by atoms with Gasteiger partial charge in [0.2, 0.25) is 5.91 Å². The number of halogens is 3. The highest BCUT2D eigenvalue weighted by Crippen LogP contribution is 2.40. The molecule has 1 aliphatic carbocycles. The summed E-state index contributed by atoms with van der Waals surface area (Å²) in [6, 6.07) is 16.7. The second-order valence-electron chi connectivity index (χ2n) is 11.3. The molecular formula is C32H33F3N4O2. The number of hydrogen-bond acceptors (Lipinski definition) is 4. The number of hydrogen-bond donors (Lipinski definition) is 0. The van der Waals surface area contributed by atoms with Crippen molar-refractivity contribution in [1.82, 2.24) is 14.7 Å². The lowest BCUT2D eigenvalue weighted by Crippen LogP contribution is -2.30. The first kappa shape index (κ1) is 28.6. The molecule has 1 saturated carbocycles. The minimum Gasteiger partial charge on any atom is -0.336 e. The molecule has 214 valence electrons. The Labute approximate surface area is 237 Å². The summed E-state index contributed by atoms with van der Waals surface area (Å²) in [7, 11) is 0. The van der Waals surface area contributed by atoms with Crippen molar-refractivity contribution < 1.29 is 22.8 Å². The van der Waals surface area contributed by atoms with E-state index in [4.69, 9.17) is 0 Å². The van der Waals surface area contributed by atoms with Gasteiger partial charge in [0.1, 0.15) is 5.69 Å². The number of carbonyl (C=O) groups is 2. The number of Topliss-reactive ketones (excluding diaryl/α,β-unsaturated/α-hetero) is 1. The fraction of sp³-hybridized carbons (Fsp3) is 0.438. The maximum absolute atomic E-state index is 13.8. The summed E-state index contributed by atoms with van der Waals surface area (Å²) in [6.45, 7) is 4.34. The van der Waals surface area contributed by atoms with E-state index in [2.05, 4.69) is 5.10 Å². The molecule has 0 N–H and O–H groups in total. The number of amides is 1. The maximum Gasteiger partial charge on any atom is 0.435 e. The van der Waals surface area contributed by atoms with Crippen LogP contribution in [0.4, 0.5) is 13.2 Å². The Morgan fingerprint density at radius 2 is 1.83 bits per heavy atom. The number of likely N-dealkylation sites (tertiary alicyclic amines) is 1. The van der Waals surface area contributed by atoms with Crippen LogP contribution in [0.25, 0.3) is 5.69 Å². The molecule has 1 aliphatic heterocycles. The fourth-order valence-electron chi connectivity index (χ4n) is 5.70. The quantitative estimate of drug-likeness (QED) is 0.244. The molecule has 1 amide bonds. The van der Waals surface area contributed by atoms with Crippen LogP contribution in [0, 0.1) is 23.2 Å². The van der Waals surface area contributed by atoms with E-state index in [9.17, 15) is 28.0 Å². The minimum atomic E-state index is -4.74. The van der Waals surface area contributed by atoms with E-state index in [0.29, 0.717) is 6.42 Å². The third kappa shape index (κ3) is 6.22. The van der Waals surface area contributed by atoms with E-state index < -0.39 is 23.6 Å². The summed E-state index contributed by atoms with van der Waals surface area (Å²) in [5, 5.41) is 13.0. The van der Waals surface area contributed by atoms with Gasteiger partial charge in [-0.1, -0.05) is 57.0 Å². The number of benzene rings is 2. The van der Waals surface area contributed by atoms with Gasteiger partial charge in [0, 0.05) is 24.9 Å². The zero-order valence-electron chi connectivity index (χ0n) is 23.2. The lowest BCUT2D eigenvalue weighted by atomic mass is 9.83. The lowest BCUT2D eigenvalue weighted by molar-refractivity contribution is -0.141. The second kappa shape index (κ2) is 11.5. The van der Waals surface area contributed by atoms with Crippen molar-refractivity contribution in [3.8, 4) is 11.8 Å². The third-order valence-corrected chi connectivity index (χ3v) is 8.49. The predicted octanol–water partition coefficient (Wildman–Crippen LogP) is 7.24. The smallest absolute Gasteiger partial charge is 0.336 e. The fourth-order valence-corrected chi connectivity index (χ4v) is 5.70. The maximum atomic E-state index is 13.8. The van der Waals surface area contributed by atoms with Gasteiger partial charge in [-0.05, 0) is 60.4 Å². The molecule has 0 bridgehead atoms. The van der Waals surface area contributed by atoms with E-state index in [1.54, 1.807) is 13.0 Å². The topological polar surface area (TPSA) is 79.0 Å².